The van der Waals surface area contributed by atoms with E-state index in [1.54, 1.807) is 12.3 Å². The molecule has 0 bridgehead atoms. The van der Waals surface area contributed by atoms with Crippen molar-refractivity contribution in [1.29, 1.82) is 0 Å². The van der Waals surface area contributed by atoms with E-state index in [0.717, 1.165) is 58.3 Å². The van der Waals surface area contributed by atoms with Crippen molar-refractivity contribution in [2.75, 3.05) is 45.7 Å². The van der Waals surface area contributed by atoms with Crippen molar-refractivity contribution in [3.05, 3.63) is 70.5 Å². The van der Waals surface area contributed by atoms with Crippen molar-refractivity contribution < 1.29 is 32.8 Å². The zero-order chi connectivity index (χ0) is 26.9. The van der Waals surface area contributed by atoms with Gasteiger partial charge in [0.2, 0.25) is 0 Å². The van der Waals surface area contributed by atoms with Crippen molar-refractivity contribution in [1.82, 2.24) is 4.90 Å². The zero-order valence-electron chi connectivity index (χ0n) is 21.3. The molecule has 9 heteroatoms. The van der Waals surface area contributed by atoms with E-state index < -0.39 is 16.8 Å². The quantitative estimate of drug-likeness (QED) is 0.536. The minimum atomic E-state index is -1.04. The summed E-state index contributed by atoms with van der Waals surface area (Å²) in [5, 5.41) is 7.42. The molecule has 2 aromatic carbocycles. The molecular weight excluding hydrogens is 497 g/mol. The molecule has 0 amide bonds. The average molecular weight is 530 g/mol. The number of morpholine rings is 1. The summed E-state index contributed by atoms with van der Waals surface area (Å²) in [5.41, 5.74) is 5.25. The molecule has 0 aromatic heterocycles. The Morgan fingerprint density at radius 2 is 1.78 bits per heavy atom. The molecule has 2 aromatic rings. The highest BCUT2D eigenvalue weighted by Gasteiger charge is 2.26. The van der Waals surface area contributed by atoms with Gasteiger partial charge in [-0.15, -0.1) is 0 Å². The standard InChI is InChI=1S/C26H28FNO4S.C2H4O2/c1-18-23(15-19-3-6-21(7-4-19)33(2)30)22-8-5-20(27)16-25(22)24(18)17-26(29)32-14-11-28-9-12-31-13-10-28;1-2(3)4/h3-8,15-16H,9-14,17H2,1-2H3;1H3,(H,3,4)/b23-15-;. The normalized spacial score (nSPS) is 17.1. The van der Waals surface area contributed by atoms with Gasteiger partial charge in [0.1, 0.15) is 12.4 Å². The number of ether oxygens (including phenoxy) is 2. The number of esters is 1. The number of carboxylic acid groups (broad SMARTS) is 1. The van der Waals surface area contributed by atoms with E-state index >= 15 is 0 Å². The van der Waals surface area contributed by atoms with Crippen LogP contribution in [0.2, 0.25) is 0 Å². The summed E-state index contributed by atoms with van der Waals surface area (Å²) in [6.07, 6.45) is 3.76. The van der Waals surface area contributed by atoms with Gasteiger partial charge < -0.3 is 14.6 Å². The van der Waals surface area contributed by atoms with Gasteiger partial charge in [-0.3, -0.25) is 18.7 Å². The maximum atomic E-state index is 14.1. The molecule has 1 fully saturated rings. The molecule has 1 saturated heterocycles. The lowest BCUT2D eigenvalue weighted by atomic mass is 10.0. The van der Waals surface area contributed by atoms with E-state index in [4.69, 9.17) is 19.4 Å². The van der Waals surface area contributed by atoms with Crippen molar-refractivity contribution in [2.24, 2.45) is 0 Å². The van der Waals surface area contributed by atoms with Crippen LogP contribution < -0.4 is 0 Å². The van der Waals surface area contributed by atoms with Gasteiger partial charge in [0.05, 0.1) is 19.6 Å². The van der Waals surface area contributed by atoms with Crippen LogP contribution in [0.3, 0.4) is 0 Å². The van der Waals surface area contributed by atoms with Crippen molar-refractivity contribution in [2.45, 2.75) is 25.2 Å². The molecule has 7 nitrogen and oxygen atoms in total. The highest BCUT2D eigenvalue weighted by atomic mass is 32.2. The lowest BCUT2D eigenvalue weighted by Gasteiger charge is -2.26. The third-order valence-corrected chi connectivity index (χ3v) is 7.01. The van der Waals surface area contributed by atoms with Crippen LogP contribution >= 0.6 is 0 Å². The first-order valence-electron chi connectivity index (χ1n) is 12.0. The second-order valence-electron chi connectivity index (χ2n) is 8.74. The zero-order valence-corrected chi connectivity index (χ0v) is 22.1. The van der Waals surface area contributed by atoms with Crippen molar-refractivity contribution in [3.8, 4) is 0 Å². The summed E-state index contributed by atoms with van der Waals surface area (Å²) in [7, 11) is -1.04. The molecule has 4 rings (SSSR count). The minimum Gasteiger partial charge on any atom is -0.481 e. The number of rotatable bonds is 7. The molecule has 1 atom stereocenters. The first-order valence-corrected chi connectivity index (χ1v) is 13.5. The van der Waals surface area contributed by atoms with Gasteiger partial charge in [0.25, 0.3) is 5.97 Å². The Kier molecular flexibility index (Phi) is 10.3. The number of hydrogen-bond acceptors (Lipinski definition) is 6. The number of carbonyl (C=O) groups is 2. The molecule has 1 aliphatic carbocycles. The number of benzene rings is 2. The van der Waals surface area contributed by atoms with E-state index in [0.29, 0.717) is 26.4 Å². The Balaban J connectivity index is 0.000000886. The molecule has 0 spiro atoms. The molecule has 0 saturated carbocycles. The number of nitrogens with zero attached hydrogens (tertiary/aromatic N) is 1. The molecule has 1 N–H and O–H groups in total. The van der Waals surface area contributed by atoms with Crippen LogP contribution in [0.1, 0.15) is 37.0 Å². The van der Waals surface area contributed by atoms with Gasteiger partial charge in [0.15, 0.2) is 0 Å². The van der Waals surface area contributed by atoms with Crippen molar-refractivity contribution in [3.63, 3.8) is 0 Å². The van der Waals surface area contributed by atoms with Crippen LogP contribution in [0.5, 0.6) is 0 Å². The summed E-state index contributed by atoms with van der Waals surface area (Å²) >= 11 is 0. The van der Waals surface area contributed by atoms with Crippen LogP contribution in [0, 0.1) is 5.82 Å². The largest absolute Gasteiger partial charge is 0.481 e. The Morgan fingerprint density at radius 3 is 2.41 bits per heavy atom. The smallest absolute Gasteiger partial charge is 0.310 e. The maximum absolute atomic E-state index is 14.1. The Morgan fingerprint density at radius 1 is 1.14 bits per heavy atom. The Hall–Kier alpha value is -3.14. The van der Waals surface area contributed by atoms with Crippen LogP contribution in [0.4, 0.5) is 4.39 Å². The summed E-state index contributed by atoms with van der Waals surface area (Å²) in [6, 6.07) is 12.2. The number of aliphatic carboxylic acids is 1. The first kappa shape index (κ1) is 28.4. The average Bonchev–Trinajstić information content (AvgIpc) is 3.10. The maximum Gasteiger partial charge on any atom is 0.310 e. The van der Waals surface area contributed by atoms with Crippen LogP contribution in [-0.2, 0) is 29.9 Å². The molecule has 1 unspecified atom stereocenters. The third kappa shape index (κ3) is 8.18. The molecule has 2 aliphatic rings. The highest BCUT2D eigenvalue weighted by Crippen LogP contribution is 2.44. The second kappa shape index (κ2) is 13.4. The summed E-state index contributed by atoms with van der Waals surface area (Å²) < 4.78 is 36.6. The lowest BCUT2D eigenvalue weighted by molar-refractivity contribution is -0.143. The number of carboxylic acids is 1. The number of hydrogen-bond donors (Lipinski definition) is 1. The molecule has 1 aliphatic heterocycles. The summed E-state index contributed by atoms with van der Waals surface area (Å²) in [5.74, 6) is -1.49. The minimum absolute atomic E-state index is 0.0937. The van der Waals surface area contributed by atoms with E-state index in [2.05, 4.69) is 4.90 Å². The van der Waals surface area contributed by atoms with E-state index in [-0.39, 0.29) is 18.2 Å². The Labute approximate surface area is 219 Å². The first-order chi connectivity index (χ1) is 17.7. The Bertz CT molecular complexity index is 1210. The van der Waals surface area contributed by atoms with E-state index in [1.807, 2.05) is 37.3 Å². The third-order valence-electron chi connectivity index (χ3n) is 6.07. The number of halogens is 1. The number of carbonyl (C=O) groups excluding carboxylic acids is 1. The molecule has 198 valence electrons. The van der Waals surface area contributed by atoms with Gasteiger partial charge >= 0.3 is 5.97 Å². The van der Waals surface area contributed by atoms with E-state index in [9.17, 15) is 13.4 Å². The van der Waals surface area contributed by atoms with Gasteiger partial charge in [-0.2, -0.15) is 0 Å². The molecular formula is C28H32FNO6S. The number of fused-ring (bicyclic) bond motifs is 1. The SMILES string of the molecule is CC(=O)O.CC1=C(CC(=O)OCCN2CCOCC2)c2cc(F)ccc2/C1=C\c1ccc(S(C)=O)cc1. The molecule has 37 heavy (non-hydrogen) atoms. The summed E-state index contributed by atoms with van der Waals surface area (Å²) in [6.45, 7) is 7.15. The summed E-state index contributed by atoms with van der Waals surface area (Å²) in [4.78, 5) is 24.6. The predicted octanol–water partition coefficient (Wildman–Crippen LogP) is 4.25. The van der Waals surface area contributed by atoms with E-state index in [1.165, 1.54) is 12.1 Å². The van der Waals surface area contributed by atoms with Crippen LogP contribution in [0.25, 0.3) is 17.2 Å². The van der Waals surface area contributed by atoms with Gasteiger partial charge in [-0.05, 0) is 70.7 Å². The molecule has 0 radical (unpaired) electrons. The second-order valence-corrected chi connectivity index (χ2v) is 10.1. The van der Waals surface area contributed by atoms with Gasteiger partial charge in [-0.25, -0.2) is 4.39 Å². The predicted molar refractivity (Wildman–Crippen MR) is 142 cm³/mol. The monoisotopic (exact) mass is 529 g/mol. The fourth-order valence-electron chi connectivity index (χ4n) is 4.21. The van der Waals surface area contributed by atoms with Crippen molar-refractivity contribution >= 4 is 40.0 Å². The molecule has 1 heterocycles. The van der Waals surface area contributed by atoms with Crippen LogP contribution in [0.15, 0.2) is 52.9 Å². The fraction of sp³-hybridized carbons (Fsp3) is 0.357. The highest BCUT2D eigenvalue weighted by molar-refractivity contribution is 7.84. The van der Waals surface area contributed by atoms with Gasteiger partial charge in [-0.1, -0.05) is 18.2 Å². The fourth-order valence-corrected chi connectivity index (χ4v) is 4.73. The lowest BCUT2D eigenvalue weighted by Crippen LogP contribution is -2.38. The topological polar surface area (TPSA) is 93.1 Å². The number of allylic oxidation sites excluding steroid dienone is 2. The van der Waals surface area contributed by atoms with Gasteiger partial charge in [0, 0.05) is 48.5 Å². The van der Waals surface area contributed by atoms with Crippen LogP contribution in [-0.4, -0.2) is 71.9 Å².